The summed E-state index contributed by atoms with van der Waals surface area (Å²) in [6.07, 6.45) is 6.18. The second-order valence-electron chi connectivity index (χ2n) is 6.29. The van der Waals surface area contributed by atoms with Gasteiger partial charge in [0.2, 0.25) is 6.33 Å². The Bertz CT molecular complexity index is 617. The molecule has 1 saturated heterocycles. The Morgan fingerprint density at radius 1 is 1.11 bits per heavy atom. The van der Waals surface area contributed by atoms with Crippen LogP contribution in [-0.4, -0.2) is 22.7 Å². The van der Waals surface area contributed by atoms with Gasteiger partial charge in [0.15, 0.2) is 5.52 Å². The fraction of sp³-hybridized carbons (Fsp3) is 0.500. The normalized spacial score (nSPS) is 21.2. The van der Waals surface area contributed by atoms with Gasteiger partial charge in [-0.15, -0.1) is 0 Å². The molecule has 4 nitrogen and oxygen atoms in total. The number of hydrogen-bond acceptors (Lipinski definition) is 2. The number of nitrogens with zero attached hydrogens (tertiary/aromatic N) is 2. The van der Waals surface area contributed by atoms with E-state index in [2.05, 4.69) is 56.6 Å². The van der Waals surface area contributed by atoms with Crippen molar-refractivity contribution in [2.75, 3.05) is 0 Å². The van der Waals surface area contributed by atoms with Gasteiger partial charge in [-0.2, -0.15) is 0 Å². The third-order valence-electron chi connectivity index (χ3n) is 4.20. The molecule has 0 saturated carbocycles. The fourth-order valence-electron chi connectivity index (χ4n) is 2.31. The van der Waals surface area contributed by atoms with Gasteiger partial charge in [-0.1, -0.05) is 6.07 Å². The second-order valence-corrected chi connectivity index (χ2v) is 6.29. The van der Waals surface area contributed by atoms with Crippen molar-refractivity contribution in [3.8, 4) is 0 Å². The third kappa shape index (κ3) is 1.97. The van der Waals surface area contributed by atoms with Gasteiger partial charge in [0.25, 0.3) is 0 Å². The molecule has 2 aromatic heterocycles. The van der Waals surface area contributed by atoms with Gasteiger partial charge in [0, 0.05) is 5.46 Å². The zero-order chi connectivity index (χ0) is 13.8. The zero-order valence-corrected chi connectivity index (χ0v) is 12.2. The van der Waals surface area contributed by atoms with Crippen LogP contribution < -0.4 is 10.0 Å². The number of rotatable bonds is 1. The summed E-state index contributed by atoms with van der Waals surface area (Å²) in [6, 6.07) is 4.15. The largest absolute Gasteiger partial charge is 0.498 e. The van der Waals surface area contributed by atoms with Crippen LogP contribution in [0.3, 0.4) is 0 Å². The molecule has 0 radical (unpaired) electrons. The van der Waals surface area contributed by atoms with E-state index in [-0.39, 0.29) is 18.3 Å². The predicted octanol–water partition coefficient (Wildman–Crippen LogP) is 1.06. The monoisotopic (exact) mass is 259 g/mol. The van der Waals surface area contributed by atoms with Crippen LogP contribution in [0.4, 0.5) is 0 Å². The number of aromatic nitrogens is 2. The lowest BCUT2D eigenvalue weighted by Gasteiger charge is -2.32. The van der Waals surface area contributed by atoms with Crippen LogP contribution in [0.5, 0.6) is 0 Å². The Morgan fingerprint density at radius 2 is 1.74 bits per heavy atom. The van der Waals surface area contributed by atoms with E-state index in [1.54, 1.807) is 0 Å². The molecule has 2 aromatic rings. The molecule has 0 N–H and O–H groups in total. The molecule has 3 heterocycles. The van der Waals surface area contributed by atoms with Crippen molar-refractivity contribution in [3.63, 3.8) is 0 Å². The van der Waals surface area contributed by atoms with Crippen molar-refractivity contribution in [2.24, 2.45) is 7.05 Å². The molecular weight excluding hydrogens is 239 g/mol. The molecular formula is C14H20BN2O2+. The number of imidazole rings is 1. The molecule has 0 unspecified atom stereocenters. The molecule has 19 heavy (non-hydrogen) atoms. The maximum Gasteiger partial charge on any atom is 0.498 e. The highest BCUT2D eigenvalue weighted by atomic mass is 16.7. The van der Waals surface area contributed by atoms with E-state index in [0.29, 0.717) is 0 Å². The van der Waals surface area contributed by atoms with E-state index in [0.717, 1.165) is 11.0 Å². The highest BCUT2D eigenvalue weighted by Gasteiger charge is 2.52. The van der Waals surface area contributed by atoms with Crippen molar-refractivity contribution in [3.05, 3.63) is 30.9 Å². The highest BCUT2D eigenvalue weighted by molar-refractivity contribution is 6.62. The number of fused-ring (bicyclic) bond motifs is 1. The highest BCUT2D eigenvalue weighted by Crippen LogP contribution is 2.36. The van der Waals surface area contributed by atoms with Crippen LogP contribution in [0.1, 0.15) is 27.7 Å². The Kier molecular flexibility index (Phi) is 2.56. The summed E-state index contributed by atoms with van der Waals surface area (Å²) in [5, 5.41) is 0. The summed E-state index contributed by atoms with van der Waals surface area (Å²) in [5.74, 6) is 0. The van der Waals surface area contributed by atoms with Gasteiger partial charge in [-0.3, -0.25) is 0 Å². The molecule has 0 atom stereocenters. The summed E-state index contributed by atoms with van der Waals surface area (Å²) >= 11 is 0. The van der Waals surface area contributed by atoms with Crippen LogP contribution >= 0.6 is 0 Å². The molecule has 100 valence electrons. The molecule has 1 aliphatic heterocycles. The standard InChI is InChI=1S/C14H20BN2O2/c1-13(2)14(3,4)19-15(18-13)11-6-7-12-9-16(5)10-17(12)8-11/h6-10H,1-5H3/q+1. The number of hydrogen-bond donors (Lipinski definition) is 0. The summed E-state index contributed by atoms with van der Waals surface area (Å²) in [5.41, 5.74) is 1.60. The van der Waals surface area contributed by atoms with Crippen LogP contribution in [0, 0.1) is 0 Å². The molecule has 0 spiro atoms. The molecule has 0 amide bonds. The van der Waals surface area contributed by atoms with Crippen molar-refractivity contribution in [1.29, 1.82) is 0 Å². The zero-order valence-electron chi connectivity index (χ0n) is 12.2. The summed E-state index contributed by atoms with van der Waals surface area (Å²) in [7, 11) is 1.71. The van der Waals surface area contributed by atoms with Gasteiger partial charge in [-0.25, -0.2) is 8.97 Å². The summed E-state index contributed by atoms with van der Waals surface area (Å²) < 4.78 is 16.2. The van der Waals surface area contributed by atoms with E-state index < -0.39 is 0 Å². The SMILES string of the molecule is C[n+]1cc2ccc(B3OC(C)(C)C(C)(C)O3)cn2c1. The summed E-state index contributed by atoms with van der Waals surface area (Å²) in [4.78, 5) is 0. The minimum Gasteiger partial charge on any atom is -0.399 e. The lowest BCUT2D eigenvalue weighted by molar-refractivity contribution is -0.670. The molecule has 3 rings (SSSR count). The maximum atomic E-state index is 6.06. The van der Waals surface area contributed by atoms with E-state index in [1.165, 1.54) is 0 Å². The van der Waals surface area contributed by atoms with E-state index in [1.807, 2.05) is 17.9 Å². The minimum absolute atomic E-state index is 0.298. The van der Waals surface area contributed by atoms with E-state index in [4.69, 9.17) is 9.31 Å². The molecule has 0 bridgehead atoms. The van der Waals surface area contributed by atoms with Gasteiger partial charge in [0.05, 0.1) is 24.4 Å². The van der Waals surface area contributed by atoms with Crippen LogP contribution in [-0.2, 0) is 16.4 Å². The van der Waals surface area contributed by atoms with E-state index >= 15 is 0 Å². The molecule has 0 aliphatic carbocycles. The Hall–Kier alpha value is -1.33. The molecule has 1 aliphatic rings. The Labute approximate surface area is 114 Å². The first-order valence-corrected chi connectivity index (χ1v) is 6.61. The Balaban J connectivity index is 1.97. The van der Waals surface area contributed by atoms with Crippen molar-refractivity contribution in [1.82, 2.24) is 4.40 Å². The van der Waals surface area contributed by atoms with Crippen LogP contribution in [0.15, 0.2) is 30.9 Å². The first-order valence-electron chi connectivity index (χ1n) is 6.61. The van der Waals surface area contributed by atoms with Crippen molar-refractivity contribution >= 4 is 18.1 Å². The van der Waals surface area contributed by atoms with Crippen LogP contribution in [0.2, 0.25) is 0 Å². The van der Waals surface area contributed by atoms with Gasteiger partial charge in [0.1, 0.15) is 6.20 Å². The average Bonchev–Trinajstić information content (AvgIpc) is 2.74. The third-order valence-corrected chi connectivity index (χ3v) is 4.20. The molecule has 1 fully saturated rings. The van der Waals surface area contributed by atoms with Crippen molar-refractivity contribution < 1.29 is 13.9 Å². The van der Waals surface area contributed by atoms with E-state index in [9.17, 15) is 0 Å². The average molecular weight is 259 g/mol. The minimum atomic E-state index is -0.304. The topological polar surface area (TPSA) is 26.8 Å². The number of aryl methyl sites for hydroxylation is 1. The van der Waals surface area contributed by atoms with Crippen LogP contribution in [0.25, 0.3) is 5.52 Å². The predicted molar refractivity (Wildman–Crippen MR) is 74.3 cm³/mol. The second kappa shape index (κ2) is 3.84. The van der Waals surface area contributed by atoms with Gasteiger partial charge >= 0.3 is 7.12 Å². The first kappa shape index (κ1) is 12.7. The van der Waals surface area contributed by atoms with Crippen molar-refractivity contribution in [2.45, 2.75) is 38.9 Å². The summed E-state index contributed by atoms with van der Waals surface area (Å²) in [6.45, 7) is 8.28. The Morgan fingerprint density at radius 3 is 2.37 bits per heavy atom. The maximum absolute atomic E-state index is 6.06. The lowest BCUT2D eigenvalue weighted by atomic mass is 9.80. The smallest absolute Gasteiger partial charge is 0.399 e. The molecule has 5 heteroatoms. The quantitative estimate of drug-likeness (QED) is 0.565. The van der Waals surface area contributed by atoms with Gasteiger partial charge < -0.3 is 9.31 Å². The molecule has 0 aromatic carbocycles. The lowest BCUT2D eigenvalue weighted by Crippen LogP contribution is -2.41. The number of pyridine rings is 1. The first-order chi connectivity index (χ1) is 8.78. The van der Waals surface area contributed by atoms with Gasteiger partial charge in [-0.05, 0) is 33.8 Å². The fourth-order valence-corrected chi connectivity index (χ4v) is 2.31.